The molecule has 3 rings (SSSR count). The maximum Gasteiger partial charge on any atom is 0.272 e. The van der Waals surface area contributed by atoms with Crippen LogP contribution < -0.4 is 10.6 Å². The molecule has 0 aliphatic heterocycles. The lowest BCUT2D eigenvalue weighted by Crippen LogP contribution is -2.30. The fourth-order valence-corrected chi connectivity index (χ4v) is 2.72. The third kappa shape index (κ3) is 5.39. The first-order valence-electron chi connectivity index (χ1n) is 9.13. The van der Waals surface area contributed by atoms with Crippen LogP contribution in [-0.2, 0) is 4.79 Å². The first kappa shape index (κ1) is 20.5. The standard InChI is InChI=1S/C23H19N3O4/c1-16-6-5-9-19(14-16)24-23(28)21(25-22(27)18-7-3-2-4-8-18)15-17-10-12-20(13-11-17)26(29)30/h2-15H,1H3,(H,24,28)(H,25,27)/b21-15-. The van der Waals surface area contributed by atoms with E-state index in [1.165, 1.54) is 30.3 Å². The summed E-state index contributed by atoms with van der Waals surface area (Å²) in [6.07, 6.45) is 1.47. The highest BCUT2D eigenvalue weighted by Crippen LogP contribution is 2.16. The number of anilines is 1. The highest BCUT2D eigenvalue weighted by Gasteiger charge is 2.15. The van der Waals surface area contributed by atoms with E-state index in [2.05, 4.69) is 10.6 Å². The predicted octanol–water partition coefficient (Wildman–Crippen LogP) is 4.31. The lowest BCUT2D eigenvalue weighted by Gasteiger charge is -2.12. The number of amides is 2. The van der Waals surface area contributed by atoms with Crippen LogP contribution >= 0.6 is 0 Å². The molecule has 30 heavy (non-hydrogen) atoms. The lowest BCUT2D eigenvalue weighted by molar-refractivity contribution is -0.384. The van der Waals surface area contributed by atoms with Crippen LogP contribution in [0.5, 0.6) is 0 Å². The van der Waals surface area contributed by atoms with Crippen LogP contribution in [0.1, 0.15) is 21.5 Å². The van der Waals surface area contributed by atoms with Crippen molar-refractivity contribution in [3.05, 3.63) is 111 Å². The first-order chi connectivity index (χ1) is 14.4. The molecule has 3 aromatic carbocycles. The Labute approximate surface area is 173 Å². The molecule has 2 amide bonds. The number of hydrogen-bond donors (Lipinski definition) is 2. The SMILES string of the molecule is Cc1cccc(NC(=O)/C(=C/c2ccc([N+](=O)[O-])cc2)NC(=O)c2ccccc2)c1. The summed E-state index contributed by atoms with van der Waals surface area (Å²) in [5, 5.41) is 16.2. The Kier molecular flexibility index (Phi) is 6.34. The van der Waals surface area contributed by atoms with E-state index < -0.39 is 16.7 Å². The van der Waals surface area contributed by atoms with Gasteiger partial charge in [0.25, 0.3) is 17.5 Å². The van der Waals surface area contributed by atoms with E-state index in [1.807, 2.05) is 19.1 Å². The second-order valence-electron chi connectivity index (χ2n) is 6.55. The summed E-state index contributed by atoms with van der Waals surface area (Å²) in [6, 6.07) is 21.5. The van der Waals surface area contributed by atoms with E-state index in [0.717, 1.165) is 5.56 Å². The summed E-state index contributed by atoms with van der Waals surface area (Å²) in [7, 11) is 0. The summed E-state index contributed by atoms with van der Waals surface area (Å²) in [6.45, 7) is 1.90. The Balaban J connectivity index is 1.89. The molecule has 0 aromatic heterocycles. The van der Waals surface area contributed by atoms with Gasteiger partial charge in [0.05, 0.1) is 4.92 Å². The Morgan fingerprint density at radius 1 is 0.933 bits per heavy atom. The zero-order valence-corrected chi connectivity index (χ0v) is 16.2. The minimum absolute atomic E-state index is 0.0132. The number of nitrogens with one attached hydrogen (secondary N) is 2. The third-order valence-electron chi connectivity index (χ3n) is 4.22. The maximum atomic E-state index is 12.9. The molecular formula is C23H19N3O4. The van der Waals surface area contributed by atoms with Crippen LogP contribution in [0.4, 0.5) is 11.4 Å². The molecule has 2 N–H and O–H groups in total. The van der Waals surface area contributed by atoms with Crippen LogP contribution in [0.3, 0.4) is 0 Å². The van der Waals surface area contributed by atoms with E-state index >= 15 is 0 Å². The summed E-state index contributed by atoms with van der Waals surface area (Å²) in [4.78, 5) is 35.8. The summed E-state index contributed by atoms with van der Waals surface area (Å²) < 4.78 is 0. The van der Waals surface area contributed by atoms with Crippen molar-refractivity contribution in [2.75, 3.05) is 5.32 Å². The Bertz CT molecular complexity index is 1110. The maximum absolute atomic E-state index is 12.9. The third-order valence-corrected chi connectivity index (χ3v) is 4.22. The topological polar surface area (TPSA) is 101 Å². The van der Waals surface area contributed by atoms with Crippen LogP contribution in [-0.4, -0.2) is 16.7 Å². The van der Waals surface area contributed by atoms with Crippen LogP contribution in [0.15, 0.2) is 84.6 Å². The number of carbonyl (C=O) groups excluding carboxylic acids is 2. The number of hydrogen-bond acceptors (Lipinski definition) is 4. The monoisotopic (exact) mass is 401 g/mol. The molecule has 0 unspecified atom stereocenters. The van der Waals surface area contributed by atoms with Crippen LogP contribution in [0.2, 0.25) is 0 Å². The van der Waals surface area contributed by atoms with Crippen LogP contribution in [0.25, 0.3) is 6.08 Å². The Morgan fingerprint density at radius 2 is 1.63 bits per heavy atom. The number of non-ortho nitro benzene ring substituents is 1. The second kappa shape index (κ2) is 9.29. The van der Waals surface area contributed by atoms with Crippen molar-refractivity contribution in [1.29, 1.82) is 0 Å². The van der Waals surface area contributed by atoms with Gasteiger partial charge in [-0.2, -0.15) is 0 Å². The number of nitro benzene ring substituents is 1. The van der Waals surface area contributed by atoms with E-state index in [9.17, 15) is 19.7 Å². The van der Waals surface area contributed by atoms with Gasteiger partial charge in [0.2, 0.25) is 0 Å². The summed E-state index contributed by atoms with van der Waals surface area (Å²) in [5.41, 5.74) is 2.44. The molecule has 0 aliphatic carbocycles. The molecule has 0 spiro atoms. The zero-order chi connectivity index (χ0) is 21.5. The summed E-state index contributed by atoms with van der Waals surface area (Å²) in [5.74, 6) is -0.952. The zero-order valence-electron chi connectivity index (χ0n) is 16.2. The molecule has 0 aliphatic rings. The molecule has 0 bridgehead atoms. The number of nitrogens with zero attached hydrogens (tertiary/aromatic N) is 1. The van der Waals surface area contributed by atoms with Crippen LogP contribution in [0, 0.1) is 17.0 Å². The van der Waals surface area contributed by atoms with Gasteiger partial charge in [0.15, 0.2) is 0 Å². The van der Waals surface area contributed by atoms with E-state index in [1.54, 1.807) is 42.5 Å². The van der Waals surface area contributed by atoms with Crippen molar-refractivity contribution >= 4 is 29.3 Å². The number of aryl methyl sites for hydroxylation is 1. The number of rotatable bonds is 6. The molecule has 3 aromatic rings. The van der Waals surface area contributed by atoms with Gasteiger partial charge in [-0.3, -0.25) is 19.7 Å². The Hall–Kier alpha value is -4.26. The molecule has 150 valence electrons. The summed E-state index contributed by atoms with van der Waals surface area (Å²) >= 11 is 0. The molecule has 0 radical (unpaired) electrons. The fourth-order valence-electron chi connectivity index (χ4n) is 2.72. The van der Waals surface area contributed by atoms with E-state index in [4.69, 9.17) is 0 Å². The minimum atomic E-state index is -0.511. The van der Waals surface area contributed by atoms with Gasteiger partial charge in [0.1, 0.15) is 5.70 Å². The molecule has 0 fully saturated rings. The molecule has 0 saturated heterocycles. The normalized spacial score (nSPS) is 10.9. The minimum Gasteiger partial charge on any atom is -0.321 e. The van der Waals surface area contributed by atoms with Gasteiger partial charge in [-0.05, 0) is 60.5 Å². The average molecular weight is 401 g/mol. The van der Waals surface area contributed by atoms with Gasteiger partial charge in [-0.15, -0.1) is 0 Å². The van der Waals surface area contributed by atoms with Crippen molar-refractivity contribution in [2.45, 2.75) is 6.92 Å². The number of nitro groups is 1. The van der Waals surface area contributed by atoms with Gasteiger partial charge in [0, 0.05) is 23.4 Å². The Morgan fingerprint density at radius 3 is 2.27 bits per heavy atom. The molecule has 7 nitrogen and oxygen atoms in total. The van der Waals surface area contributed by atoms with Crippen molar-refractivity contribution in [3.63, 3.8) is 0 Å². The van der Waals surface area contributed by atoms with Gasteiger partial charge in [-0.25, -0.2) is 0 Å². The second-order valence-corrected chi connectivity index (χ2v) is 6.55. The van der Waals surface area contributed by atoms with Crippen molar-refractivity contribution < 1.29 is 14.5 Å². The highest BCUT2D eigenvalue weighted by atomic mass is 16.6. The van der Waals surface area contributed by atoms with E-state index in [-0.39, 0.29) is 11.4 Å². The molecule has 0 heterocycles. The largest absolute Gasteiger partial charge is 0.321 e. The van der Waals surface area contributed by atoms with Crippen molar-refractivity contribution in [1.82, 2.24) is 5.32 Å². The average Bonchev–Trinajstić information content (AvgIpc) is 2.74. The highest BCUT2D eigenvalue weighted by molar-refractivity contribution is 6.10. The smallest absolute Gasteiger partial charge is 0.272 e. The first-order valence-corrected chi connectivity index (χ1v) is 9.13. The molecule has 0 atom stereocenters. The molecule has 7 heteroatoms. The fraction of sp³-hybridized carbons (Fsp3) is 0.0435. The molecule has 0 saturated carbocycles. The molecular weight excluding hydrogens is 382 g/mol. The van der Waals surface area contributed by atoms with Crippen molar-refractivity contribution in [2.24, 2.45) is 0 Å². The van der Waals surface area contributed by atoms with E-state index in [0.29, 0.717) is 16.8 Å². The van der Waals surface area contributed by atoms with Gasteiger partial charge in [-0.1, -0.05) is 30.3 Å². The number of carbonyl (C=O) groups is 2. The van der Waals surface area contributed by atoms with Crippen molar-refractivity contribution in [3.8, 4) is 0 Å². The lowest BCUT2D eigenvalue weighted by atomic mass is 10.1. The number of benzene rings is 3. The van der Waals surface area contributed by atoms with Gasteiger partial charge >= 0.3 is 0 Å². The quantitative estimate of drug-likeness (QED) is 0.365. The van der Waals surface area contributed by atoms with Gasteiger partial charge < -0.3 is 10.6 Å². The predicted molar refractivity (Wildman–Crippen MR) is 115 cm³/mol.